The van der Waals surface area contributed by atoms with Crippen molar-refractivity contribution in [1.29, 1.82) is 0 Å². The predicted molar refractivity (Wildman–Crippen MR) is 145 cm³/mol. The molecule has 0 saturated carbocycles. The highest BCUT2D eigenvalue weighted by Gasteiger charge is 2.36. The Morgan fingerprint density at radius 3 is 2.65 bits per heavy atom. The molecule has 1 N–H and O–H groups in total. The number of para-hydroxylation sites is 2. The summed E-state index contributed by atoms with van der Waals surface area (Å²) in [6.45, 7) is 2.22. The fourth-order valence-electron chi connectivity index (χ4n) is 4.02. The summed E-state index contributed by atoms with van der Waals surface area (Å²) in [5.41, 5.74) is 2.08. The minimum Gasteiger partial charge on any atom is -0.457 e. The van der Waals surface area contributed by atoms with Gasteiger partial charge in [0.15, 0.2) is 0 Å². The summed E-state index contributed by atoms with van der Waals surface area (Å²) in [5.74, 6) is -0.206. The third-order valence-corrected chi connectivity index (χ3v) is 7.27. The number of thioether (sulfide) groups is 1. The van der Waals surface area contributed by atoms with E-state index in [9.17, 15) is 14.4 Å². The molecular formula is C26H21Cl2N3O5S. The van der Waals surface area contributed by atoms with Gasteiger partial charge in [0.05, 0.1) is 34.5 Å². The molecule has 5 rings (SSSR count). The zero-order valence-electron chi connectivity index (χ0n) is 19.4. The van der Waals surface area contributed by atoms with E-state index in [0.29, 0.717) is 59.1 Å². The Kier molecular flexibility index (Phi) is 7.57. The molecule has 0 bridgehead atoms. The largest absolute Gasteiger partial charge is 0.457 e. The number of anilines is 2. The number of morpholine rings is 1. The van der Waals surface area contributed by atoms with Crippen molar-refractivity contribution in [3.63, 3.8) is 0 Å². The second-order valence-corrected chi connectivity index (χ2v) is 10.1. The van der Waals surface area contributed by atoms with Crippen molar-refractivity contribution in [1.82, 2.24) is 4.90 Å². The molecule has 0 spiro atoms. The number of ether oxygens (including phenoxy) is 1. The second kappa shape index (κ2) is 11.0. The lowest BCUT2D eigenvalue weighted by Crippen LogP contribution is -2.38. The maximum absolute atomic E-state index is 12.9. The van der Waals surface area contributed by atoms with Gasteiger partial charge in [-0.25, -0.2) is 0 Å². The number of benzene rings is 2. The molecule has 0 aliphatic carbocycles. The lowest BCUT2D eigenvalue weighted by atomic mass is 10.2. The first kappa shape index (κ1) is 25.4. The van der Waals surface area contributed by atoms with E-state index >= 15 is 0 Å². The Balaban J connectivity index is 1.27. The molecule has 3 heterocycles. The number of carbonyl (C=O) groups is 3. The molecule has 11 heteroatoms. The minimum atomic E-state index is -0.564. The average molecular weight is 558 g/mol. The van der Waals surface area contributed by atoms with Crippen LogP contribution in [-0.4, -0.2) is 54.8 Å². The average Bonchev–Trinajstić information content (AvgIpc) is 3.46. The number of carbonyl (C=O) groups excluding carboxylic acids is 3. The Hall–Kier alpha value is -3.24. The van der Waals surface area contributed by atoms with Crippen LogP contribution in [0.15, 0.2) is 63.9 Å². The number of amides is 3. The van der Waals surface area contributed by atoms with Crippen LogP contribution in [0.25, 0.3) is 17.4 Å². The van der Waals surface area contributed by atoms with Crippen molar-refractivity contribution in [3.05, 3.63) is 75.3 Å². The van der Waals surface area contributed by atoms with Crippen LogP contribution < -0.4 is 10.2 Å². The third kappa shape index (κ3) is 5.70. The summed E-state index contributed by atoms with van der Waals surface area (Å²) in [5, 5.41) is 3.27. The fourth-order valence-corrected chi connectivity index (χ4v) is 5.22. The van der Waals surface area contributed by atoms with Crippen molar-refractivity contribution >= 4 is 69.5 Å². The molecule has 3 amide bonds. The summed E-state index contributed by atoms with van der Waals surface area (Å²) in [7, 11) is 0. The van der Waals surface area contributed by atoms with Crippen molar-refractivity contribution < 1.29 is 23.5 Å². The highest BCUT2D eigenvalue weighted by molar-refractivity contribution is 8.18. The van der Waals surface area contributed by atoms with Crippen molar-refractivity contribution in [2.24, 2.45) is 0 Å². The van der Waals surface area contributed by atoms with E-state index in [0.717, 1.165) is 22.3 Å². The maximum Gasteiger partial charge on any atom is 0.294 e. The summed E-state index contributed by atoms with van der Waals surface area (Å²) >= 11 is 13.1. The molecule has 2 aliphatic heterocycles. The van der Waals surface area contributed by atoms with Gasteiger partial charge in [0.1, 0.15) is 18.1 Å². The van der Waals surface area contributed by atoms with Crippen LogP contribution in [0, 0.1) is 0 Å². The molecule has 37 heavy (non-hydrogen) atoms. The number of rotatable bonds is 6. The quantitative estimate of drug-likeness (QED) is 0.385. The van der Waals surface area contributed by atoms with E-state index in [2.05, 4.69) is 10.2 Å². The Bertz CT molecular complexity index is 1400. The topological polar surface area (TPSA) is 92.1 Å². The first-order chi connectivity index (χ1) is 17.9. The number of imide groups is 1. The van der Waals surface area contributed by atoms with Gasteiger partial charge in [-0.3, -0.25) is 19.3 Å². The summed E-state index contributed by atoms with van der Waals surface area (Å²) < 4.78 is 11.2. The Morgan fingerprint density at radius 2 is 1.84 bits per heavy atom. The Labute approximate surface area is 227 Å². The molecule has 2 saturated heterocycles. The van der Waals surface area contributed by atoms with E-state index in [1.54, 1.807) is 36.4 Å². The molecule has 2 fully saturated rings. The number of nitrogens with one attached hydrogen (secondary N) is 1. The molecule has 0 atom stereocenters. The number of hydrogen-bond donors (Lipinski definition) is 1. The molecular weight excluding hydrogens is 537 g/mol. The van der Waals surface area contributed by atoms with Crippen molar-refractivity contribution in [2.45, 2.75) is 0 Å². The van der Waals surface area contributed by atoms with Crippen LogP contribution in [0.2, 0.25) is 10.0 Å². The summed E-state index contributed by atoms with van der Waals surface area (Å²) in [6.07, 6.45) is 1.47. The smallest absolute Gasteiger partial charge is 0.294 e. The lowest BCUT2D eigenvalue weighted by Gasteiger charge is -2.30. The highest BCUT2D eigenvalue weighted by atomic mass is 35.5. The molecule has 1 aromatic heterocycles. The molecule has 2 aliphatic rings. The van der Waals surface area contributed by atoms with E-state index in [4.69, 9.17) is 32.4 Å². The zero-order chi connectivity index (χ0) is 25.9. The Morgan fingerprint density at radius 1 is 1.05 bits per heavy atom. The lowest BCUT2D eigenvalue weighted by molar-refractivity contribution is -0.127. The summed E-state index contributed by atoms with van der Waals surface area (Å²) in [4.78, 5) is 41.5. The SMILES string of the molecule is O=C(CN1C(=O)S/C(=C/c2ccc(-c3cc(Cl)ccc3Cl)o2)C1=O)Nc1ccccc1N1CCOCC1. The van der Waals surface area contributed by atoms with Gasteiger partial charge in [-0.05, 0) is 54.2 Å². The monoisotopic (exact) mass is 557 g/mol. The second-order valence-electron chi connectivity index (χ2n) is 8.26. The number of hydrogen-bond acceptors (Lipinski definition) is 7. The van der Waals surface area contributed by atoms with Gasteiger partial charge in [0, 0.05) is 29.8 Å². The van der Waals surface area contributed by atoms with Crippen LogP contribution in [-0.2, 0) is 14.3 Å². The standard InChI is InChI=1S/C26H21Cl2N3O5S/c27-16-5-7-19(28)18(13-16)22-8-6-17(36-22)14-23-25(33)31(26(34)37-23)15-24(32)29-20-3-1-2-4-21(20)30-9-11-35-12-10-30/h1-8,13-14H,9-12,15H2,(H,29,32)/b23-14+. The van der Waals surface area contributed by atoms with Gasteiger partial charge in [-0.1, -0.05) is 35.3 Å². The molecule has 0 unspecified atom stereocenters. The van der Waals surface area contributed by atoms with Gasteiger partial charge in [-0.15, -0.1) is 0 Å². The minimum absolute atomic E-state index is 0.157. The van der Waals surface area contributed by atoms with Crippen LogP contribution in [0.3, 0.4) is 0 Å². The first-order valence-electron chi connectivity index (χ1n) is 11.4. The van der Waals surface area contributed by atoms with Crippen LogP contribution in [0.1, 0.15) is 5.76 Å². The van der Waals surface area contributed by atoms with Gasteiger partial charge in [0.2, 0.25) is 5.91 Å². The van der Waals surface area contributed by atoms with Gasteiger partial charge >= 0.3 is 0 Å². The van der Waals surface area contributed by atoms with Gasteiger partial charge in [0.25, 0.3) is 11.1 Å². The predicted octanol–water partition coefficient (Wildman–Crippen LogP) is 5.77. The van der Waals surface area contributed by atoms with Gasteiger partial charge < -0.3 is 19.4 Å². The summed E-state index contributed by atoms with van der Waals surface area (Å²) in [6, 6.07) is 15.8. The van der Waals surface area contributed by atoms with E-state index < -0.39 is 23.6 Å². The molecule has 8 nitrogen and oxygen atoms in total. The molecule has 3 aromatic rings. The zero-order valence-corrected chi connectivity index (χ0v) is 21.7. The van der Waals surface area contributed by atoms with Crippen LogP contribution in [0.5, 0.6) is 0 Å². The number of nitrogens with zero attached hydrogens (tertiary/aromatic N) is 2. The van der Waals surface area contributed by atoms with Crippen LogP contribution >= 0.6 is 35.0 Å². The van der Waals surface area contributed by atoms with E-state index in [1.807, 2.05) is 18.2 Å². The molecule has 190 valence electrons. The van der Waals surface area contributed by atoms with Crippen LogP contribution in [0.4, 0.5) is 16.2 Å². The third-order valence-electron chi connectivity index (χ3n) is 5.80. The number of furan rings is 1. The first-order valence-corrected chi connectivity index (χ1v) is 13.0. The van der Waals surface area contributed by atoms with E-state index in [-0.39, 0.29) is 4.91 Å². The van der Waals surface area contributed by atoms with E-state index in [1.165, 1.54) is 6.08 Å². The highest BCUT2D eigenvalue weighted by Crippen LogP contribution is 2.35. The normalized spacial score (nSPS) is 17.1. The van der Waals surface area contributed by atoms with Gasteiger partial charge in [-0.2, -0.15) is 0 Å². The van der Waals surface area contributed by atoms with Crippen molar-refractivity contribution in [3.8, 4) is 11.3 Å². The maximum atomic E-state index is 12.9. The molecule has 2 aromatic carbocycles. The fraction of sp³-hybridized carbons (Fsp3) is 0.192. The van der Waals surface area contributed by atoms with Crippen molar-refractivity contribution in [2.75, 3.05) is 43.1 Å². The molecule has 0 radical (unpaired) electrons. The number of halogens is 2.